The standard InChI is InChI=1S/C13H18ClFN2O/c1-3-17(4-2)13(18)9-16-8-10-5-6-11(15)7-12(10)14/h5-7,16H,3-4,8-9H2,1-2H3. The molecular weight excluding hydrogens is 255 g/mol. The number of nitrogens with zero attached hydrogens (tertiary/aromatic N) is 1. The van der Waals surface area contributed by atoms with E-state index in [0.717, 1.165) is 5.56 Å². The third-order valence-corrected chi connectivity index (χ3v) is 3.07. The molecule has 0 aliphatic carbocycles. The number of carbonyl (C=O) groups is 1. The summed E-state index contributed by atoms with van der Waals surface area (Å²) in [7, 11) is 0. The van der Waals surface area contributed by atoms with E-state index >= 15 is 0 Å². The number of halogens is 2. The van der Waals surface area contributed by atoms with Gasteiger partial charge in [0, 0.05) is 24.7 Å². The van der Waals surface area contributed by atoms with Crippen LogP contribution >= 0.6 is 11.6 Å². The summed E-state index contributed by atoms with van der Waals surface area (Å²) in [6, 6.07) is 4.24. The fraction of sp³-hybridized carbons (Fsp3) is 0.462. The third kappa shape index (κ3) is 4.27. The second-order valence-corrected chi connectivity index (χ2v) is 4.31. The molecule has 0 heterocycles. The quantitative estimate of drug-likeness (QED) is 0.863. The molecular formula is C13H18ClFN2O. The molecule has 0 aliphatic rings. The molecule has 100 valence electrons. The maximum Gasteiger partial charge on any atom is 0.236 e. The Hall–Kier alpha value is -1.13. The maximum absolute atomic E-state index is 12.8. The summed E-state index contributed by atoms with van der Waals surface area (Å²) >= 11 is 5.89. The molecule has 1 amide bonds. The topological polar surface area (TPSA) is 32.3 Å². The van der Waals surface area contributed by atoms with Gasteiger partial charge in [-0.05, 0) is 31.5 Å². The molecule has 0 spiro atoms. The van der Waals surface area contributed by atoms with Gasteiger partial charge in [-0.3, -0.25) is 4.79 Å². The fourth-order valence-electron chi connectivity index (χ4n) is 1.66. The molecule has 1 N–H and O–H groups in total. The summed E-state index contributed by atoms with van der Waals surface area (Å²) in [6.45, 7) is 6.00. The number of hydrogen-bond donors (Lipinski definition) is 1. The average Bonchev–Trinajstić information content (AvgIpc) is 2.33. The van der Waals surface area contributed by atoms with Crippen molar-refractivity contribution in [3.63, 3.8) is 0 Å². The summed E-state index contributed by atoms with van der Waals surface area (Å²) in [5.74, 6) is -0.304. The molecule has 0 radical (unpaired) electrons. The van der Waals surface area contributed by atoms with Crippen LogP contribution in [0.15, 0.2) is 18.2 Å². The van der Waals surface area contributed by atoms with E-state index in [1.807, 2.05) is 13.8 Å². The van der Waals surface area contributed by atoms with Crippen LogP contribution in [-0.4, -0.2) is 30.4 Å². The summed E-state index contributed by atoms with van der Waals surface area (Å²) in [5, 5.41) is 3.39. The minimum absolute atomic E-state index is 0.0539. The summed E-state index contributed by atoms with van der Waals surface area (Å²) in [4.78, 5) is 13.5. The SMILES string of the molecule is CCN(CC)C(=O)CNCc1ccc(F)cc1Cl. The van der Waals surface area contributed by atoms with Gasteiger partial charge in [-0.15, -0.1) is 0 Å². The van der Waals surface area contributed by atoms with Gasteiger partial charge in [0.1, 0.15) is 5.82 Å². The molecule has 18 heavy (non-hydrogen) atoms. The van der Waals surface area contributed by atoms with E-state index in [-0.39, 0.29) is 18.3 Å². The lowest BCUT2D eigenvalue weighted by Crippen LogP contribution is -2.37. The highest BCUT2D eigenvalue weighted by molar-refractivity contribution is 6.31. The Labute approximate surface area is 112 Å². The molecule has 0 aromatic heterocycles. The Morgan fingerprint density at radius 3 is 2.61 bits per heavy atom. The highest BCUT2D eigenvalue weighted by Crippen LogP contribution is 2.16. The van der Waals surface area contributed by atoms with Crippen LogP contribution in [0.1, 0.15) is 19.4 Å². The molecule has 0 bridgehead atoms. The van der Waals surface area contributed by atoms with Crippen LogP contribution in [0.3, 0.4) is 0 Å². The number of nitrogens with one attached hydrogen (secondary N) is 1. The molecule has 3 nitrogen and oxygen atoms in total. The second kappa shape index (κ2) is 7.34. The summed E-state index contributed by atoms with van der Waals surface area (Å²) in [6.07, 6.45) is 0. The molecule has 1 aromatic carbocycles. The largest absolute Gasteiger partial charge is 0.342 e. The first-order valence-corrected chi connectivity index (χ1v) is 6.38. The van der Waals surface area contributed by atoms with Gasteiger partial charge in [-0.2, -0.15) is 0 Å². The molecule has 0 aliphatic heterocycles. The zero-order chi connectivity index (χ0) is 13.5. The lowest BCUT2D eigenvalue weighted by Gasteiger charge is -2.18. The van der Waals surface area contributed by atoms with Gasteiger partial charge in [-0.1, -0.05) is 17.7 Å². The molecule has 0 unspecified atom stereocenters. The highest BCUT2D eigenvalue weighted by Gasteiger charge is 2.09. The predicted octanol–water partition coefficient (Wildman–Crippen LogP) is 2.44. The first kappa shape index (κ1) is 14.9. The highest BCUT2D eigenvalue weighted by atomic mass is 35.5. The zero-order valence-corrected chi connectivity index (χ0v) is 11.4. The Kier molecular flexibility index (Phi) is 6.09. The van der Waals surface area contributed by atoms with Crippen molar-refractivity contribution in [2.75, 3.05) is 19.6 Å². The number of likely N-dealkylation sites (N-methyl/N-ethyl adjacent to an activating group) is 1. The van der Waals surface area contributed by atoms with Gasteiger partial charge in [0.25, 0.3) is 0 Å². The molecule has 0 fully saturated rings. The van der Waals surface area contributed by atoms with E-state index in [2.05, 4.69) is 5.32 Å². The fourth-order valence-corrected chi connectivity index (χ4v) is 1.89. The van der Waals surface area contributed by atoms with Crippen LogP contribution < -0.4 is 5.32 Å². The lowest BCUT2D eigenvalue weighted by molar-refractivity contribution is -0.129. The summed E-state index contributed by atoms with van der Waals surface area (Å²) in [5.41, 5.74) is 0.783. The van der Waals surface area contributed by atoms with Crippen LogP contribution in [0.4, 0.5) is 4.39 Å². The Morgan fingerprint density at radius 2 is 2.06 bits per heavy atom. The van der Waals surface area contributed by atoms with Gasteiger partial charge in [0.2, 0.25) is 5.91 Å². The Balaban J connectivity index is 2.44. The molecule has 5 heteroatoms. The summed E-state index contributed by atoms with van der Waals surface area (Å²) < 4.78 is 12.8. The third-order valence-electron chi connectivity index (χ3n) is 2.72. The van der Waals surface area contributed by atoms with Crippen LogP contribution in [0, 0.1) is 5.82 Å². The van der Waals surface area contributed by atoms with Crippen molar-refractivity contribution in [3.05, 3.63) is 34.6 Å². The van der Waals surface area contributed by atoms with E-state index in [0.29, 0.717) is 24.7 Å². The first-order valence-electron chi connectivity index (χ1n) is 6.00. The number of carbonyl (C=O) groups excluding carboxylic acids is 1. The smallest absolute Gasteiger partial charge is 0.236 e. The van der Waals surface area contributed by atoms with Crippen molar-refractivity contribution in [3.8, 4) is 0 Å². The minimum atomic E-state index is -0.358. The first-order chi connectivity index (χ1) is 8.58. The normalized spacial score (nSPS) is 10.4. The molecule has 1 aromatic rings. The van der Waals surface area contributed by atoms with Crippen molar-refractivity contribution >= 4 is 17.5 Å². The maximum atomic E-state index is 12.8. The Bertz CT molecular complexity index is 408. The Morgan fingerprint density at radius 1 is 1.39 bits per heavy atom. The second-order valence-electron chi connectivity index (χ2n) is 3.91. The van der Waals surface area contributed by atoms with E-state index < -0.39 is 0 Å². The monoisotopic (exact) mass is 272 g/mol. The van der Waals surface area contributed by atoms with Gasteiger partial charge in [-0.25, -0.2) is 4.39 Å². The van der Waals surface area contributed by atoms with Crippen molar-refractivity contribution in [1.29, 1.82) is 0 Å². The molecule has 1 rings (SSSR count). The zero-order valence-electron chi connectivity index (χ0n) is 10.7. The minimum Gasteiger partial charge on any atom is -0.342 e. The number of benzene rings is 1. The lowest BCUT2D eigenvalue weighted by atomic mass is 10.2. The van der Waals surface area contributed by atoms with Gasteiger partial charge >= 0.3 is 0 Å². The van der Waals surface area contributed by atoms with E-state index in [4.69, 9.17) is 11.6 Å². The average molecular weight is 273 g/mol. The molecule has 0 saturated heterocycles. The van der Waals surface area contributed by atoms with Crippen LogP contribution in [0.25, 0.3) is 0 Å². The number of hydrogen-bond acceptors (Lipinski definition) is 2. The van der Waals surface area contributed by atoms with E-state index in [1.165, 1.54) is 12.1 Å². The van der Waals surface area contributed by atoms with Crippen molar-refractivity contribution < 1.29 is 9.18 Å². The van der Waals surface area contributed by atoms with Crippen molar-refractivity contribution in [2.45, 2.75) is 20.4 Å². The van der Waals surface area contributed by atoms with Crippen LogP contribution in [0.5, 0.6) is 0 Å². The van der Waals surface area contributed by atoms with E-state index in [9.17, 15) is 9.18 Å². The number of rotatable bonds is 6. The molecule has 0 saturated carbocycles. The van der Waals surface area contributed by atoms with Gasteiger partial charge < -0.3 is 10.2 Å². The van der Waals surface area contributed by atoms with Crippen LogP contribution in [-0.2, 0) is 11.3 Å². The van der Waals surface area contributed by atoms with E-state index in [1.54, 1.807) is 11.0 Å². The predicted molar refractivity (Wildman–Crippen MR) is 71.0 cm³/mol. The molecule has 0 atom stereocenters. The van der Waals surface area contributed by atoms with Gasteiger partial charge in [0.15, 0.2) is 0 Å². The van der Waals surface area contributed by atoms with Crippen molar-refractivity contribution in [2.24, 2.45) is 0 Å². The van der Waals surface area contributed by atoms with Crippen LogP contribution in [0.2, 0.25) is 5.02 Å². The van der Waals surface area contributed by atoms with Crippen molar-refractivity contribution in [1.82, 2.24) is 10.2 Å². The number of amides is 1. The van der Waals surface area contributed by atoms with Gasteiger partial charge in [0.05, 0.1) is 6.54 Å².